The lowest BCUT2D eigenvalue weighted by Crippen LogP contribution is -2.49. The van der Waals surface area contributed by atoms with Crippen molar-refractivity contribution in [3.8, 4) is 11.1 Å². The Morgan fingerprint density at radius 3 is 2.29 bits per heavy atom. The number of halogens is 3. The molecule has 0 bridgehead atoms. The van der Waals surface area contributed by atoms with Gasteiger partial charge in [-0.3, -0.25) is 14.5 Å². The summed E-state index contributed by atoms with van der Waals surface area (Å²) in [5, 5.41) is 10.5. The molecule has 2 aromatic heterocycles. The first kappa shape index (κ1) is 35.9. The second kappa shape index (κ2) is 15.2. The highest BCUT2D eigenvalue weighted by molar-refractivity contribution is 7.73. The Hall–Kier alpha value is -4.51. The number of nitrogens with zero attached hydrogens (tertiary/aromatic N) is 6. The number of aromatic nitrogens is 2. The molecule has 3 saturated heterocycles. The largest absolute Gasteiger partial charge is 0.480 e. The van der Waals surface area contributed by atoms with Crippen molar-refractivity contribution in [1.29, 1.82) is 0 Å². The Balaban J connectivity index is 1.03. The van der Waals surface area contributed by atoms with Crippen LogP contribution in [-0.4, -0.2) is 122 Å². The van der Waals surface area contributed by atoms with E-state index < -0.39 is 51.7 Å². The van der Waals surface area contributed by atoms with Crippen molar-refractivity contribution < 1.29 is 36.3 Å². The summed E-state index contributed by atoms with van der Waals surface area (Å²) in [5.41, 5.74) is 1.42. The normalized spacial score (nSPS) is 19.5. The van der Waals surface area contributed by atoms with Crippen molar-refractivity contribution in [2.75, 3.05) is 74.8 Å². The molecule has 2 aromatic carbocycles. The molecule has 52 heavy (non-hydrogen) atoms. The lowest BCUT2D eigenvalue weighted by molar-refractivity contribution is -0.138. The number of hydrogen-bond donors (Lipinski definition) is 3. The average Bonchev–Trinajstić information content (AvgIpc) is 3.76. The monoisotopic (exact) mass is 739 g/mol. The third-order valence-electron chi connectivity index (χ3n) is 10.3. The molecule has 0 aliphatic carbocycles. The number of H-pyrrole nitrogens is 1. The topological polar surface area (TPSA) is 133 Å². The minimum Gasteiger partial charge on any atom is -0.480 e. The van der Waals surface area contributed by atoms with Gasteiger partial charge in [-0.2, -0.15) is 4.41 Å². The van der Waals surface area contributed by atoms with Gasteiger partial charge in [0.25, 0.3) is 0 Å². The van der Waals surface area contributed by atoms with Crippen LogP contribution in [0.1, 0.15) is 35.2 Å². The van der Waals surface area contributed by atoms with Gasteiger partial charge in [0.05, 0.1) is 18.7 Å². The first-order valence-corrected chi connectivity index (χ1v) is 18.5. The fourth-order valence-electron chi connectivity index (χ4n) is 7.53. The van der Waals surface area contributed by atoms with Crippen LogP contribution in [0, 0.1) is 17.6 Å². The van der Waals surface area contributed by atoms with E-state index in [-0.39, 0.29) is 31.6 Å². The Kier molecular flexibility index (Phi) is 10.5. The minimum atomic E-state index is -3.46. The van der Waals surface area contributed by atoms with E-state index in [1.807, 2.05) is 29.2 Å². The number of anilines is 2. The van der Waals surface area contributed by atoms with Crippen molar-refractivity contribution in [2.45, 2.75) is 25.4 Å². The van der Waals surface area contributed by atoms with Crippen LogP contribution < -0.4 is 9.31 Å². The predicted molar refractivity (Wildman–Crippen MR) is 191 cm³/mol. The number of alkyl halides is 1. The maximum absolute atomic E-state index is 15.9. The number of hydrogen-bond acceptors (Lipinski definition) is 9. The van der Waals surface area contributed by atoms with E-state index in [9.17, 15) is 22.4 Å². The van der Waals surface area contributed by atoms with E-state index in [1.165, 1.54) is 6.20 Å². The number of carboxylic acids is 1. The lowest BCUT2D eigenvalue weighted by atomic mass is 9.95. The summed E-state index contributed by atoms with van der Waals surface area (Å²) >= 11 is 0. The van der Waals surface area contributed by atoms with Gasteiger partial charge < -0.3 is 19.9 Å². The standard InChI is InChI=1S/C36H40F3N7O5S/c37-26-9-12-45(21-26)46(52(50)51)31-6-5-30(38)33(34(31)39)35(49)29-19-41-36-28(29)17-25(18-40-36)24-1-3-27(4-2-24)44-10-7-23(8-11-44)20-42-13-15-43(16-14-42)22-32(47)48/h1-6,17-19,23,26,52H,7-16,20-22H2,(H,40,41)(H,47,48)/t26-/m1/s1. The van der Waals surface area contributed by atoms with Gasteiger partial charge in [0.1, 0.15) is 23.3 Å². The fourth-order valence-corrected chi connectivity index (χ4v) is 8.23. The van der Waals surface area contributed by atoms with Crippen molar-refractivity contribution in [3.05, 3.63) is 77.6 Å². The second-order valence-electron chi connectivity index (χ2n) is 13.7. The van der Waals surface area contributed by atoms with Gasteiger partial charge in [0.2, 0.25) is 16.7 Å². The number of fused-ring (bicyclic) bond motifs is 1. The van der Waals surface area contributed by atoms with E-state index in [0.29, 0.717) is 26.9 Å². The molecule has 0 spiro atoms. The maximum Gasteiger partial charge on any atom is 0.317 e. The van der Waals surface area contributed by atoms with Crippen LogP contribution in [0.5, 0.6) is 0 Å². The molecule has 0 radical (unpaired) electrons. The second-order valence-corrected chi connectivity index (χ2v) is 14.5. The van der Waals surface area contributed by atoms with Crippen LogP contribution >= 0.6 is 0 Å². The molecular weight excluding hydrogens is 700 g/mol. The van der Waals surface area contributed by atoms with Gasteiger partial charge in [-0.25, -0.2) is 31.6 Å². The Labute approximate surface area is 300 Å². The Morgan fingerprint density at radius 2 is 1.63 bits per heavy atom. The molecule has 16 heteroatoms. The molecule has 5 heterocycles. The zero-order valence-corrected chi connectivity index (χ0v) is 29.3. The molecule has 7 rings (SSSR count). The Morgan fingerprint density at radius 1 is 0.923 bits per heavy atom. The summed E-state index contributed by atoms with van der Waals surface area (Å²) in [4.78, 5) is 38.8. The highest BCUT2D eigenvalue weighted by Crippen LogP contribution is 2.33. The maximum atomic E-state index is 15.9. The van der Waals surface area contributed by atoms with Crippen molar-refractivity contribution in [3.63, 3.8) is 0 Å². The summed E-state index contributed by atoms with van der Waals surface area (Å²) in [6, 6.07) is 11.5. The SMILES string of the molecule is O=C(O)CN1CCN(CC2CCN(c3ccc(-c4cnc5[nH]cc(C(=O)c6c(F)ccc(N(N7CC[C@@H](F)C7)[SH](=O)=O)c6F)c5c4)cc3)CC2)CC1. The zero-order valence-electron chi connectivity index (χ0n) is 28.4. The van der Waals surface area contributed by atoms with E-state index in [4.69, 9.17) is 5.11 Å². The van der Waals surface area contributed by atoms with Crippen LogP contribution in [0.25, 0.3) is 22.2 Å². The van der Waals surface area contributed by atoms with Crippen LogP contribution in [-0.2, 0) is 15.7 Å². The number of aromatic amines is 1. The van der Waals surface area contributed by atoms with Crippen LogP contribution in [0.4, 0.5) is 24.5 Å². The number of carbonyl (C=O) groups excluding carboxylic acids is 1. The van der Waals surface area contributed by atoms with Gasteiger partial charge in [0, 0.05) is 87.0 Å². The number of carbonyl (C=O) groups is 2. The van der Waals surface area contributed by atoms with E-state index in [2.05, 4.69) is 19.8 Å². The fraction of sp³-hybridized carbons (Fsp3) is 0.417. The van der Waals surface area contributed by atoms with Crippen molar-refractivity contribution in [2.24, 2.45) is 5.92 Å². The molecule has 0 amide bonds. The molecule has 4 aromatic rings. The molecule has 3 aliphatic rings. The summed E-state index contributed by atoms with van der Waals surface area (Å²) in [7, 11) is -3.46. The van der Waals surface area contributed by atoms with Gasteiger partial charge in [-0.15, -0.1) is 0 Å². The number of aliphatic carboxylic acids is 1. The highest BCUT2D eigenvalue weighted by Gasteiger charge is 2.33. The number of piperazine rings is 1. The number of benzene rings is 2. The first-order valence-electron chi connectivity index (χ1n) is 17.4. The molecule has 0 unspecified atom stereocenters. The molecule has 2 N–H and O–H groups in total. The van der Waals surface area contributed by atoms with Crippen LogP contribution in [0.2, 0.25) is 0 Å². The molecule has 1 atom stereocenters. The van der Waals surface area contributed by atoms with Gasteiger partial charge >= 0.3 is 5.97 Å². The summed E-state index contributed by atoms with van der Waals surface area (Å²) in [5.74, 6) is -3.71. The molecule has 12 nitrogen and oxygen atoms in total. The van der Waals surface area contributed by atoms with Gasteiger partial charge in [0.15, 0.2) is 5.82 Å². The van der Waals surface area contributed by atoms with Crippen molar-refractivity contribution in [1.82, 2.24) is 24.8 Å². The number of carboxylic acid groups (broad SMARTS) is 1. The lowest BCUT2D eigenvalue weighted by Gasteiger charge is -2.39. The predicted octanol–water partition coefficient (Wildman–Crippen LogP) is 3.95. The number of pyridine rings is 1. The quantitative estimate of drug-likeness (QED) is 0.154. The summed E-state index contributed by atoms with van der Waals surface area (Å²) in [6.45, 7) is 6.05. The Bertz CT molecular complexity index is 2020. The molecule has 3 aliphatic heterocycles. The molecular formula is C36H40F3N7O5S. The number of hydrazine groups is 1. The molecule has 3 fully saturated rings. The number of rotatable bonds is 11. The third-order valence-corrected chi connectivity index (χ3v) is 11.1. The first-order chi connectivity index (χ1) is 25.0. The molecule has 276 valence electrons. The van der Waals surface area contributed by atoms with E-state index >= 15 is 8.78 Å². The van der Waals surface area contributed by atoms with E-state index in [0.717, 1.165) is 87.0 Å². The van der Waals surface area contributed by atoms with Crippen LogP contribution in [0.3, 0.4) is 0 Å². The third kappa shape index (κ3) is 7.51. The smallest absolute Gasteiger partial charge is 0.317 e. The number of ketones is 1. The van der Waals surface area contributed by atoms with Gasteiger partial charge in [-0.05, 0) is 61.1 Å². The van der Waals surface area contributed by atoms with E-state index in [1.54, 1.807) is 12.3 Å². The zero-order chi connectivity index (χ0) is 36.5. The van der Waals surface area contributed by atoms with Crippen LogP contribution in [0.15, 0.2) is 54.9 Å². The highest BCUT2D eigenvalue weighted by atomic mass is 32.2. The average molecular weight is 740 g/mol. The molecule has 0 saturated carbocycles. The number of thiol groups is 1. The van der Waals surface area contributed by atoms with Gasteiger partial charge in [-0.1, -0.05) is 12.1 Å². The summed E-state index contributed by atoms with van der Waals surface area (Å²) in [6.07, 6.45) is 3.85. The van der Waals surface area contributed by atoms with Crippen molar-refractivity contribution >= 4 is 45.1 Å². The minimum absolute atomic E-state index is 0.0128. The number of piperidine rings is 1. The number of nitrogens with one attached hydrogen (secondary N) is 1. The summed E-state index contributed by atoms with van der Waals surface area (Å²) < 4.78 is 69.8.